The number of thiophene rings is 1. The van der Waals surface area contributed by atoms with Crippen molar-refractivity contribution >= 4 is 21.6 Å². The molecule has 0 spiro atoms. The van der Waals surface area contributed by atoms with Crippen LogP contribution < -0.4 is 10.9 Å². The highest BCUT2D eigenvalue weighted by molar-refractivity contribution is 7.18. The van der Waals surface area contributed by atoms with E-state index in [1.54, 1.807) is 11.3 Å². The molecule has 1 N–H and O–H groups in total. The summed E-state index contributed by atoms with van der Waals surface area (Å²) in [5, 5.41) is 4.26. The van der Waals surface area contributed by atoms with Crippen LogP contribution in [0.3, 0.4) is 0 Å². The van der Waals surface area contributed by atoms with Crippen molar-refractivity contribution in [2.24, 2.45) is 0 Å². The Kier molecular flexibility index (Phi) is 3.34. The van der Waals surface area contributed by atoms with Crippen LogP contribution in [-0.2, 0) is 19.4 Å². The highest BCUT2D eigenvalue weighted by Crippen LogP contribution is 2.37. The van der Waals surface area contributed by atoms with E-state index in [0.29, 0.717) is 12.6 Å². The Balaban J connectivity index is 1.93. The van der Waals surface area contributed by atoms with Gasteiger partial charge in [0.25, 0.3) is 5.56 Å². The van der Waals surface area contributed by atoms with Crippen molar-refractivity contribution in [1.82, 2.24) is 14.9 Å². The molecule has 2 aliphatic carbocycles. The maximum atomic E-state index is 13.0. The quantitative estimate of drug-likeness (QED) is 0.945. The van der Waals surface area contributed by atoms with Crippen molar-refractivity contribution in [3.05, 3.63) is 26.6 Å². The molecule has 1 fully saturated rings. The molecule has 0 amide bonds. The molecule has 0 aliphatic heterocycles. The molecule has 2 aliphatic rings. The van der Waals surface area contributed by atoms with Gasteiger partial charge in [-0.15, -0.1) is 11.3 Å². The first-order valence-corrected chi connectivity index (χ1v) is 8.87. The molecule has 5 heteroatoms. The summed E-state index contributed by atoms with van der Waals surface area (Å²) in [7, 11) is 0. The summed E-state index contributed by atoms with van der Waals surface area (Å²) < 4.78 is 1.98. The molecule has 4 rings (SSSR count). The molecular weight excluding hydrogens is 282 g/mol. The summed E-state index contributed by atoms with van der Waals surface area (Å²) >= 11 is 1.75. The van der Waals surface area contributed by atoms with Crippen LogP contribution in [0, 0.1) is 0 Å². The lowest BCUT2D eigenvalue weighted by atomic mass is 9.97. The highest BCUT2D eigenvalue weighted by Gasteiger charge is 2.30. The van der Waals surface area contributed by atoms with E-state index in [2.05, 4.69) is 12.2 Å². The second-order valence-corrected chi connectivity index (χ2v) is 7.19. The largest absolute Gasteiger partial charge is 0.310 e. The van der Waals surface area contributed by atoms with Gasteiger partial charge >= 0.3 is 0 Å². The molecule has 21 heavy (non-hydrogen) atoms. The standard InChI is InChI=1S/C16H21N3OS/c1-2-17-9-13-18-15-14(16(20)19(13)10-7-8-10)11-5-3-4-6-12(11)21-15/h10,17H,2-9H2,1H3. The summed E-state index contributed by atoms with van der Waals surface area (Å²) in [6.45, 7) is 3.68. The van der Waals surface area contributed by atoms with E-state index >= 15 is 0 Å². The lowest BCUT2D eigenvalue weighted by Crippen LogP contribution is -2.28. The predicted molar refractivity (Wildman–Crippen MR) is 86.2 cm³/mol. The molecule has 2 heterocycles. The maximum Gasteiger partial charge on any atom is 0.262 e. The zero-order valence-corrected chi connectivity index (χ0v) is 13.3. The van der Waals surface area contributed by atoms with E-state index in [0.717, 1.165) is 48.3 Å². The Hall–Kier alpha value is -1.20. The average molecular weight is 303 g/mol. The van der Waals surface area contributed by atoms with Gasteiger partial charge in [0, 0.05) is 10.9 Å². The molecule has 4 nitrogen and oxygen atoms in total. The third kappa shape index (κ3) is 2.23. The van der Waals surface area contributed by atoms with E-state index in [9.17, 15) is 4.79 Å². The van der Waals surface area contributed by atoms with Gasteiger partial charge in [-0.05, 0) is 50.6 Å². The fourth-order valence-corrected chi connectivity index (χ4v) is 4.60. The van der Waals surface area contributed by atoms with Crippen molar-refractivity contribution < 1.29 is 0 Å². The molecule has 0 unspecified atom stereocenters. The minimum atomic E-state index is 0.217. The smallest absolute Gasteiger partial charge is 0.262 e. The number of aryl methyl sites for hydroxylation is 2. The van der Waals surface area contributed by atoms with Gasteiger partial charge in [-0.3, -0.25) is 9.36 Å². The second kappa shape index (κ2) is 5.21. The monoisotopic (exact) mass is 303 g/mol. The number of aromatic nitrogens is 2. The lowest BCUT2D eigenvalue weighted by Gasteiger charge is -2.13. The normalized spacial score (nSPS) is 18.1. The average Bonchev–Trinajstić information content (AvgIpc) is 3.24. The minimum absolute atomic E-state index is 0.217. The summed E-state index contributed by atoms with van der Waals surface area (Å²) in [5.41, 5.74) is 1.53. The zero-order chi connectivity index (χ0) is 14.4. The maximum absolute atomic E-state index is 13.0. The second-order valence-electron chi connectivity index (χ2n) is 6.11. The zero-order valence-electron chi connectivity index (χ0n) is 12.4. The third-order valence-electron chi connectivity index (χ3n) is 4.54. The SMILES string of the molecule is CCNCc1nc2sc3c(c2c(=O)n1C1CC1)CCCC3. The van der Waals surface area contributed by atoms with Crippen LogP contribution in [0.1, 0.15) is 54.9 Å². The van der Waals surface area contributed by atoms with E-state index in [4.69, 9.17) is 4.98 Å². The first kappa shape index (κ1) is 13.5. The Bertz CT molecular complexity index is 742. The van der Waals surface area contributed by atoms with Crippen molar-refractivity contribution in [1.29, 1.82) is 0 Å². The molecule has 0 bridgehead atoms. The van der Waals surface area contributed by atoms with Crippen molar-refractivity contribution in [3.63, 3.8) is 0 Å². The van der Waals surface area contributed by atoms with Gasteiger partial charge in [0.05, 0.1) is 11.9 Å². The number of rotatable bonds is 4. The summed E-state index contributed by atoms with van der Waals surface area (Å²) in [6, 6.07) is 0.391. The molecule has 2 aromatic heterocycles. The molecule has 0 atom stereocenters. The molecule has 112 valence electrons. The molecule has 2 aromatic rings. The highest BCUT2D eigenvalue weighted by atomic mass is 32.1. The van der Waals surface area contributed by atoms with Crippen LogP contribution in [0.15, 0.2) is 4.79 Å². The van der Waals surface area contributed by atoms with Gasteiger partial charge in [0.15, 0.2) is 0 Å². The van der Waals surface area contributed by atoms with Crippen LogP contribution in [0.2, 0.25) is 0 Å². The Morgan fingerprint density at radius 1 is 1.33 bits per heavy atom. The first-order chi connectivity index (χ1) is 10.3. The van der Waals surface area contributed by atoms with E-state index in [1.165, 1.54) is 23.3 Å². The number of hydrogen-bond acceptors (Lipinski definition) is 4. The van der Waals surface area contributed by atoms with E-state index < -0.39 is 0 Å². The van der Waals surface area contributed by atoms with Gasteiger partial charge in [-0.1, -0.05) is 6.92 Å². The van der Waals surface area contributed by atoms with Crippen molar-refractivity contribution in [2.75, 3.05) is 6.54 Å². The topological polar surface area (TPSA) is 46.9 Å². The Morgan fingerprint density at radius 2 is 2.14 bits per heavy atom. The molecule has 0 radical (unpaired) electrons. The van der Waals surface area contributed by atoms with Gasteiger partial charge in [-0.25, -0.2) is 4.98 Å². The van der Waals surface area contributed by atoms with Crippen LogP contribution in [0.5, 0.6) is 0 Å². The molecule has 1 saturated carbocycles. The van der Waals surface area contributed by atoms with Crippen molar-refractivity contribution in [2.45, 2.75) is 58.0 Å². The fraction of sp³-hybridized carbons (Fsp3) is 0.625. The van der Waals surface area contributed by atoms with Crippen LogP contribution in [-0.4, -0.2) is 16.1 Å². The molecule has 0 aromatic carbocycles. The van der Waals surface area contributed by atoms with Gasteiger partial charge in [0.2, 0.25) is 0 Å². The molecular formula is C16H21N3OS. The van der Waals surface area contributed by atoms with E-state index in [-0.39, 0.29) is 5.56 Å². The summed E-state index contributed by atoms with van der Waals surface area (Å²) in [4.78, 5) is 20.3. The molecule has 0 saturated heterocycles. The lowest BCUT2D eigenvalue weighted by molar-refractivity contribution is 0.593. The van der Waals surface area contributed by atoms with Crippen LogP contribution in [0.4, 0.5) is 0 Å². The van der Waals surface area contributed by atoms with Gasteiger partial charge < -0.3 is 5.32 Å². The van der Waals surface area contributed by atoms with Crippen molar-refractivity contribution in [3.8, 4) is 0 Å². The van der Waals surface area contributed by atoms with Gasteiger partial charge in [0.1, 0.15) is 10.7 Å². The third-order valence-corrected chi connectivity index (χ3v) is 5.72. The Labute approximate surface area is 128 Å². The van der Waals surface area contributed by atoms with E-state index in [1.807, 2.05) is 4.57 Å². The van der Waals surface area contributed by atoms with Gasteiger partial charge in [-0.2, -0.15) is 0 Å². The summed E-state index contributed by atoms with van der Waals surface area (Å²) in [6.07, 6.45) is 6.89. The fourth-order valence-electron chi connectivity index (χ4n) is 3.33. The van der Waals surface area contributed by atoms with Crippen LogP contribution in [0.25, 0.3) is 10.2 Å². The number of hydrogen-bond donors (Lipinski definition) is 1. The van der Waals surface area contributed by atoms with Crippen LogP contribution >= 0.6 is 11.3 Å². The summed E-state index contributed by atoms with van der Waals surface area (Å²) in [5.74, 6) is 0.926. The number of nitrogens with zero attached hydrogens (tertiary/aromatic N) is 2. The number of nitrogens with one attached hydrogen (secondary N) is 1. The first-order valence-electron chi connectivity index (χ1n) is 8.06. The number of fused-ring (bicyclic) bond motifs is 3. The Morgan fingerprint density at radius 3 is 2.90 bits per heavy atom. The predicted octanol–water partition coefficient (Wildman–Crippen LogP) is 2.78. The minimum Gasteiger partial charge on any atom is -0.310 e.